The van der Waals surface area contributed by atoms with E-state index in [0.717, 1.165) is 44.2 Å². The molecule has 0 radical (unpaired) electrons. The highest BCUT2D eigenvalue weighted by Gasteiger charge is 2.17. The molecule has 1 fully saturated rings. The number of aromatic nitrogens is 2. The van der Waals surface area contributed by atoms with Gasteiger partial charge in [0.1, 0.15) is 11.6 Å². The third-order valence-electron chi connectivity index (χ3n) is 4.05. The number of rotatable bonds is 4. The van der Waals surface area contributed by atoms with E-state index in [0.29, 0.717) is 12.2 Å². The molecule has 1 saturated heterocycles. The number of carbonyl (C=O) groups is 1. The second-order valence-electron chi connectivity index (χ2n) is 5.64. The molecule has 0 saturated carbocycles. The SMILES string of the molecule is CCOC(=O)c1ccc(N2CCCN(c3ccccn3)CC2)nc1. The summed E-state index contributed by atoms with van der Waals surface area (Å²) in [7, 11) is 0. The van der Waals surface area contributed by atoms with E-state index in [1.54, 1.807) is 19.2 Å². The van der Waals surface area contributed by atoms with Gasteiger partial charge in [-0.05, 0) is 37.6 Å². The molecule has 0 spiro atoms. The largest absolute Gasteiger partial charge is 0.462 e. The molecular formula is C18H22N4O2. The van der Waals surface area contributed by atoms with E-state index in [-0.39, 0.29) is 5.97 Å². The molecule has 0 unspecified atom stereocenters. The van der Waals surface area contributed by atoms with Crippen LogP contribution in [0, 0.1) is 0 Å². The summed E-state index contributed by atoms with van der Waals surface area (Å²) in [5.74, 6) is 1.59. The summed E-state index contributed by atoms with van der Waals surface area (Å²) >= 11 is 0. The lowest BCUT2D eigenvalue weighted by atomic mass is 10.2. The van der Waals surface area contributed by atoms with E-state index in [4.69, 9.17) is 4.74 Å². The van der Waals surface area contributed by atoms with Gasteiger partial charge in [-0.3, -0.25) is 0 Å². The molecular weight excluding hydrogens is 304 g/mol. The van der Waals surface area contributed by atoms with Crippen molar-refractivity contribution in [2.24, 2.45) is 0 Å². The molecule has 6 heteroatoms. The van der Waals surface area contributed by atoms with Crippen molar-refractivity contribution in [3.05, 3.63) is 48.3 Å². The minimum Gasteiger partial charge on any atom is -0.462 e. The van der Waals surface area contributed by atoms with Gasteiger partial charge in [-0.25, -0.2) is 14.8 Å². The fourth-order valence-corrected chi connectivity index (χ4v) is 2.82. The maximum Gasteiger partial charge on any atom is 0.339 e. The molecule has 0 N–H and O–H groups in total. The van der Waals surface area contributed by atoms with Crippen LogP contribution in [-0.4, -0.2) is 48.7 Å². The smallest absolute Gasteiger partial charge is 0.339 e. The van der Waals surface area contributed by atoms with Crippen molar-refractivity contribution in [3.63, 3.8) is 0 Å². The lowest BCUT2D eigenvalue weighted by Crippen LogP contribution is -2.31. The highest BCUT2D eigenvalue weighted by atomic mass is 16.5. The zero-order valence-corrected chi connectivity index (χ0v) is 13.9. The van der Waals surface area contributed by atoms with E-state index in [2.05, 4.69) is 19.8 Å². The third-order valence-corrected chi connectivity index (χ3v) is 4.05. The van der Waals surface area contributed by atoms with Crippen LogP contribution in [0.4, 0.5) is 11.6 Å². The molecule has 0 aliphatic carbocycles. The molecule has 0 aromatic carbocycles. The second kappa shape index (κ2) is 7.77. The first kappa shape index (κ1) is 16.2. The molecule has 0 bridgehead atoms. The first-order valence-electron chi connectivity index (χ1n) is 8.32. The van der Waals surface area contributed by atoms with Crippen molar-refractivity contribution in [1.82, 2.24) is 9.97 Å². The van der Waals surface area contributed by atoms with Crippen LogP contribution in [0.3, 0.4) is 0 Å². The summed E-state index contributed by atoms with van der Waals surface area (Å²) in [5, 5.41) is 0. The van der Waals surface area contributed by atoms with Crippen LogP contribution in [0.5, 0.6) is 0 Å². The Morgan fingerprint density at radius 3 is 2.38 bits per heavy atom. The summed E-state index contributed by atoms with van der Waals surface area (Å²) in [6.07, 6.45) is 4.46. The minimum absolute atomic E-state index is 0.325. The number of hydrogen-bond donors (Lipinski definition) is 0. The maximum atomic E-state index is 11.7. The predicted molar refractivity (Wildman–Crippen MR) is 93.5 cm³/mol. The van der Waals surface area contributed by atoms with E-state index in [1.807, 2.05) is 30.5 Å². The molecule has 0 amide bonds. The highest BCUT2D eigenvalue weighted by Crippen LogP contribution is 2.17. The van der Waals surface area contributed by atoms with Gasteiger partial charge in [0.2, 0.25) is 0 Å². The van der Waals surface area contributed by atoms with E-state index >= 15 is 0 Å². The number of pyridine rings is 2. The highest BCUT2D eigenvalue weighted by molar-refractivity contribution is 5.89. The predicted octanol–water partition coefficient (Wildman–Crippen LogP) is 2.37. The van der Waals surface area contributed by atoms with Crippen molar-refractivity contribution in [1.29, 1.82) is 0 Å². The van der Waals surface area contributed by atoms with Crippen LogP contribution in [0.2, 0.25) is 0 Å². The second-order valence-corrected chi connectivity index (χ2v) is 5.64. The monoisotopic (exact) mass is 326 g/mol. The first-order valence-corrected chi connectivity index (χ1v) is 8.32. The van der Waals surface area contributed by atoms with Crippen LogP contribution in [0.15, 0.2) is 42.7 Å². The Balaban J connectivity index is 1.65. The Kier molecular flexibility index (Phi) is 5.25. The molecule has 126 valence electrons. The number of carbonyl (C=O) groups excluding carboxylic acids is 1. The van der Waals surface area contributed by atoms with Gasteiger partial charge in [0, 0.05) is 38.6 Å². The topological polar surface area (TPSA) is 58.6 Å². The summed E-state index contributed by atoms with van der Waals surface area (Å²) in [6.45, 7) is 5.87. The van der Waals surface area contributed by atoms with Crippen LogP contribution in [0.1, 0.15) is 23.7 Å². The molecule has 2 aromatic heterocycles. The van der Waals surface area contributed by atoms with Crippen LogP contribution >= 0.6 is 0 Å². The van der Waals surface area contributed by atoms with Gasteiger partial charge in [-0.1, -0.05) is 6.07 Å². The van der Waals surface area contributed by atoms with Crippen molar-refractivity contribution in [2.75, 3.05) is 42.6 Å². The first-order chi connectivity index (χ1) is 11.8. The number of nitrogens with zero attached hydrogens (tertiary/aromatic N) is 4. The molecule has 3 rings (SSSR count). The van der Waals surface area contributed by atoms with Gasteiger partial charge in [-0.2, -0.15) is 0 Å². The zero-order chi connectivity index (χ0) is 16.8. The number of anilines is 2. The lowest BCUT2D eigenvalue weighted by molar-refractivity contribution is 0.0526. The Morgan fingerprint density at radius 1 is 1.04 bits per heavy atom. The average Bonchev–Trinajstić information content (AvgIpc) is 2.89. The maximum absolute atomic E-state index is 11.7. The fourth-order valence-electron chi connectivity index (χ4n) is 2.82. The Labute approximate surface area is 142 Å². The quantitative estimate of drug-likeness (QED) is 0.804. The minimum atomic E-state index is -0.325. The summed E-state index contributed by atoms with van der Waals surface area (Å²) in [4.78, 5) is 25.1. The Hall–Kier alpha value is -2.63. The van der Waals surface area contributed by atoms with Crippen LogP contribution in [-0.2, 0) is 4.74 Å². The van der Waals surface area contributed by atoms with Crippen molar-refractivity contribution in [3.8, 4) is 0 Å². The molecule has 6 nitrogen and oxygen atoms in total. The zero-order valence-electron chi connectivity index (χ0n) is 13.9. The third kappa shape index (κ3) is 3.82. The fraction of sp³-hybridized carbons (Fsp3) is 0.389. The molecule has 3 heterocycles. The molecule has 1 aliphatic rings. The summed E-state index contributed by atoms with van der Waals surface area (Å²) < 4.78 is 4.99. The van der Waals surface area contributed by atoms with Gasteiger partial charge >= 0.3 is 5.97 Å². The van der Waals surface area contributed by atoms with Crippen LogP contribution in [0.25, 0.3) is 0 Å². The van der Waals surface area contributed by atoms with Gasteiger partial charge in [0.25, 0.3) is 0 Å². The Bertz CT molecular complexity index is 660. The van der Waals surface area contributed by atoms with E-state index in [9.17, 15) is 4.79 Å². The van der Waals surface area contributed by atoms with E-state index in [1.165, 1.54) is 0 Å². The normalized spacial score (nSPS) is 15.0. The average molecular weight is 326 g/mol. The number of hydrogen-bond acceptors (Lipinski definition) is 6. The van der Waals surface area contributed by atoms with Crippen molar-refractivity contribution < 1.29 is 9.53 Å². The number of esters is 1. The molecule has 24 heavy (non-hydrogen) atoms. The summed E-state index contributed by atoms with van der Waals surface area (Å²) in [5.41, 5.74) is 0.491. The standard InChI is InChI=1S/C18H22N4O2/c1-2-24-18(23)15-7-8-17(20-14-15)22-11-5-10-21(12-13-22)16-6-3-4-9-19-16/h3-4,6-9,14H,2,5,10-13H2,1H3. The van der Waals surface area contributed by atoms with Gasteiger partial charge in [0.05, 0.1) is 12.2 Å². The van der Waals surface area contributed by atoms with Gasteiger partial charge < -0.3 is 14.5 Å². The molecule has 2 aromatic rings. The van der Waals surface area contributed by atoms with Gasteiger partial charge in [-0.15, -0.1) is 0 Å². The van der Waals surface area contributed by atoms with Crippen LogP contribution < -0.4 is 9.80 Å². The molecule has 1 aliphatic heterocycles. The van der Waals surface area contributed by atoms with Crippen molar-refractivity contribution >= 4 is 17.6 Å². The summed E-state index contributed by atoms with van der Waals surface area (Å²) in [6, 6.07) is 9.66. The Morgan fingerprint density at radius 2 is 1.79 bits per heavy atom. The van der Waals surface area contributed by atoms with Crippen molar-refractivity contribution in [2.45, 2.75) is 13.3 Å². The van der Waals surface area contributed by atoms with E-state index < -0.39 is 0 Å². The molecule has 0 atom stereocenters. The van der Waals surface area contributed by atoms with Gasteiger partial charge in [0.15, 0.2) is 0 Å². The lowest BCUT2D eigenvalue weighted by Gasteiger charge is -2.23. The number of ether oxygens (including phenoxy) is 1.